The molecular formula is C8H9BrFNO2. The molecule has 1 rings (SSSR count). The molecule has 0 aliphatic carbocycles. The Morgan fingerprint density at radius 2 is 2.15 bits per heavy atom. The summed E-state index contributed by atoms with van der Waals surface area (Å²) in [6.07, 6.45) is 0. The first kappa shape index (κ1) is 10.4. The summed E-state index contributed by atoms with van der Waals surface area (Å²) in [7, 11) is 0. The molecule has 5 heteroatoms. The topological polar surface area (TPSA) is 66.5 Å². The van der Waals surface area contributed by atoms with Crippen LogP contribution in [0.25, 0.3) is 0 Å². The van der Waals surface area contributed by atoms with E-state index in [1.807, 2.05) is 0 Å². The fraction of sp³-hybridized carbons (Fsp3) is 0.250. The first-order valence-corrected chi connectivity index (χ1v) is 4.40. The summed E-state index contributed by atoms with van der Waals surface area (Å²) in [5.74, 6) is -0.887. The van der Waals surface area contributed by atoms with Gasteiger partial charge < -0.3 is 15.9 Å². The van der Waals surface area contributed by atoms with E-state index in [-0.39, 0.29) is 11.3 Å². The number of aliphatic hydroxyl groups is 1. The standard InChI is InChI=1S/C8H9BrFNO2/c9-4-1-5(10)8(6(11)3-12)7(13)2-4/h1-2,6,12-13H,3,11H2/t6-/m1/s1. The molecule has 1 aromatic rings. The van der Waals surface area contributed by atoms with Crippen molar-refractivity contribution in [3.63, 3.8) is 0 Å². The molecule has 0 saturated carbocycles. The van der Waals surface area contributed by atoms with Crippen molar-refractivity contribution in [1.29, 1.82) is 0 Å². The summed E-state index contributed by atoms with van der Waals surface area (Å²) in [6.45, 7) is -0.411. The molecule has 0 bridgehead atoms. The largest absolute Gasteiger partial charge is 0.507 e. The van der Waals surface area contributed by atoms with Crippen molar-refractivity contribution < 1.29 is 14.6 Å². The summed E-state index contributed by atoms with van der Waals surface area (Å²) < 4.78 is 13.6. The second kappa shape index (κ2) is 4.04. The molecule has 0 spiro atoms. The van der Waals surface area contributed by atoms with Gasteiger partial charge in [-0.3, -0.25) is 0 Å². The van der Waals surface area contributed by atoms with Gasteiger partial charge in [0.25, 0.3) is 0 Å². The first-order chi connectivity index (χ1) is 6.06. The molecule has 0 fully saturated rings. The Labute approximate surface area is 83.1 Å². The Kier molecular flexibility index (Phi) is 3.24. The first-order valence-electron chi connectivity index (χ1n) is 3.60. The third kappa shape index (κ3) is 2.18. The van der Waals surface area contributed by atoms with Crippen molar-refractivity contribution >= 4 is 15.9 Å². The molecule has 0 amide bonds. The van der Waals surface area contributed by atoms with Crippen LogP contribution in [0.15, 0.2) is 16.6 Å². The van der Waals surface area contributed by atoms with Crippen LogP contribution in [0.3, 0.4) is 0 Å². The molecule has 13 heavy (non-hydrogen) atoms. The molecule has 0 unspecified atom stereocenters. The maximum Gasteiger partial charge on any atom is 0.132 e. The van der Waals surface area contributed by atoms with Gasteiger partial charge >= 0.3 is 0 Å². The summed E-state index contributed by atoms with van der Waals surface area (Å²) in [6, 6.07) is 1.62. The van der Waals surface area contributed by atoms with Crippen molar-refractivity contribution in [1.82, 2.24) is 0 Å². The third-order valence-electron chi connectivity index (χ3n) is 1.64. The van der Waals surface area contributed by atoms with E-state index in [1.54, 1.807) is 0 Å². The molecule has 0 aliphatic rings. The lowest BCUT2D eigenvalue weighted by Gasteiger charge is -2.11. The van der Waals surface area contributed by atoms with E-state index in [2.05, 4.69) is 15.9 Å². The van der Waals surface area contributed by atoms with Crippen molar-refractivity contribution in [3.8, 4) is 5.75 Å². The summed E-state index contributed by atoms with van der Waals surface area (Å²) >= 11 is 3.01. The number of aromatic hydroxyl groups is 1. The van der Waals surface area contributed by atoms with Crippen molar-refractivity contribution in [2.24, 2.45) is 5.73 Å². The number of nitrogens with two attached hydrogens (primary N) is 1. The molecular weight excluding hydrogens is 241 g/mol. The molecule has 0 saturated heterocycles. The van der Waals surface area contributed by atoms with Gasteiger partial charge in [0.15, 0.2) is 0 Å². The van der Waals surface area contributed by atoms with Gasteiger partial charge in [-0.2, -0.15) is 0 Å². The van der Waals surface area contributed by atoms with Crippen molar-refractivity contribution in [2.45, 2.75) is 6.04 Å². The summed E-state index contributed by atoms with van der Waals surface area (Å²) in [4.78, 5) is 0. The van der Waals surface area contributed by atoms with Crippen LogP contribution in [0.2, 0.25) is 0 Å². The lowest BCUT2D eigenvalue weighted by molar-refractivity contribution is 0.262. The van der Waals surface area contributed by atoms with Crippen LogP contribution in [0, 0.1) is 5.82 Å². The van der Waals surface area contributed by atoms with E-state index < -0.39 is 18.5 Å². The number of hydrogen-bond donors (Lipinski definition) is 3. The Bertz CT molecular complexity index is 296. The second-order valence-electron chi connectivity index (χ2n) is 2.61. The highest BCUT2D eigenvalue weighted by molar-refractivity contribution is 9.10. The van der Waals surface area contributed by atoms with Gasteiger partial charge in [-0.15, -0.1) is 0 Å². The van der Waals surface area contributed by atoms with Crippen LogP contribution in [0.5, 0.6) is 5.75 Å². The minimum absolute atomic E-state index is 0.0642. The zero-order chi connectivity index (χ0) is 10.0. The number of hydrogen-bond acceptors (Lipinski definition) is 3. The molecule has 0 heterocycles. The zero-order valence-corrected chi connectivity index (χ0v) is 8.25. The van der Waals surface area contributed by atoms with Crippen LogP contribution in [0.4, 0.5) is 4.39 Å². The quantitative estimate of drug-likeness (QED) is 0.740. The molecule has 0 aliphatic heterocycles. The van der Waals surface area contributed by atoms with Crippen molar-refractivity contribution in [3.05, 3.63) is 28.0 Å². The van der Waals surface area contributed by atoms with E-state index in [0.29, 0.717) is 4.47 Å². The van der Waals surface area contributed by atoms with Crippen LogP contribution in [-0.4, -0.2) is 16.8 Å². The van der Waals surface area contributed by atoms with Gasteiger partial charge in [-0.1, -0.05) is 15.9 Å². The number of aliphatic hydroxyl groups excluding tert-OH is 1. The van der Waals surface area contributed by atoms with Gasteiger partial charge in [0.05, 0.1) is 12.6 Å². The normalized spacial score (nSPS) is 12.9. The molecule has 1 atom stereocenters. The second-order valence-corrected chi connectivity index (χ2v) is 3.53. The Hall–Kier alpha value is -0.650. The van der Waals surface area contributed by atoms with Gasteiger partial charge in [-0.25, -0.2) is 4.39 Å². The van der Waals surface area contributed by atoms with Crippen LogP contribution in [0.1, 0.15) is 11.6 Å². The van der Waals surface area contributed by atoms with Crippen molar-refractivity contribution in [2.75, 3.05) is 6.61 Å². The monoisotopic (exact) mass is 249 g/mol. The number of phenolic OH excluding ortho intramolecular Hbond substituents is 1. The maximum absolute atomic E-state index is 13.2. The Balaban J connectivity index is 3.20. The Morgan fingerprint density at radius 1 is 1.54 bits per heavy atom. The Morgan fingerprint density at radius 3 is 2.62 bits per heavy atom. The molecule has 0 aromatic heterocycles. The SMILES string of the molecule is N[C@H](CO)c1c(O)cc(Br)cc1F. The molecule has 72 valence electrons. The lowest BCUT2D eigenvalue weighted by atomic mass is 10.1. The number of rotatable bonds is 2. The predicted molar refractivity (Wildman–Crippen MR) is 49.8 cm³/mol. The van der Waals surface area contributed by atoms with Gasteiger partial charge in [0.1, 0.15) is 11.6 Å². The third-order valence-corrected chi connectivity index (χ3v) is 2.10. The maximum atomic E-state index is 13.2. The summed E-state index contributed by atoms with van der Waals surface area (Å²) in [5, 5.41) is 18.0. The predicted octanol–water partition coefficient (Wildman–Crippen LogP) is 1.29. The van der Waals surface area contributed by atoms with Gasteiger partial charge in [0, 0.05) is 10.0 Å². The van der Waals surface area contributed by atoms with E-state index >= 15 is 0 Å². The van der Waals surface area contributed by atoms with Crippen LogP contribution < -0.4 is 5.73 Å². The highest BCUT2D eigenvalue weighted by Crippen LogP contribution is 2.29. The van der Waals surface area contributed by atoms with Gasteiger partial charge in [-0.05, 0) is 12.1 Å². The van der Waals surface area contributed by atoms with E-state index in [0.717, 1.165) is 0 Å². The smallest absolute Gasteiger partial charge is 0.132 e. The molecule has 1 aromatic carbocycles. The summed E-state index contributed by atoms with van der Waals surface area (Å²) in [5.41, 5.74) is 5.32. The minimum atomic E-state index is -0.895. The lowest BCUT2D eigenvalue weighted by Crippen LogP contribution is -2.16. The molecule has 3 nitrogen and oxygen atoms in total. The fourth-order valence-electron chi connectivity index (χ4n) is 1.03. The highest BCUT2D eigenvalue weighted by atomic mass is 79.9. The average molecular weight is 250 g/mol. The van der Waals surface area contributed by atoms with Gasteiger partial charge in [0.2, 0.25) is 0 Å². The fourth-order valence-corrected chi connectivity index (χ4v) is 1.45. The molecule has 4 N–H and O–H groups in total. The minimum Gasteiger partial charge on any atom is -0.507 e. The van der Waals surface area contributed by atoms with E-state index in [1.165, 1.54) is 12.1 Å². The highest BCUT2D eigenvalue weighted by Gasteiger charge is 2.15. The van der Waals surface area contributed by atoms with E-state index in [4.69, 9.17) is 10.8 Å². The number of phenols is 1. The molecule has 0 radical (unpaired) electrons. The average Bonchev–Trinajstić information content (AvgIpc) is 2.02. The number of benzene rings is 1. The van der Waals surface area contributed by atoms with Crippen LogP contribution >= 0.6 is 15.9 Å². The van der Waals surface area contributed by atoms with E-state index in [9.17, 15) is 9.50 Å². The number of halogens is 2. The zero-order valence-electron chi connectivity index (χ0n) is 6.67. The van der Waals surface area contributed by atoms with Crippen LogP contribution in [-0.2, 0) is 0 Å².